The first kappa shape index (κ1) is 9.83. The topological polar surface area (TPSA) is 92.5 Å². The monoisotopic (exact) mass is 182 g/mol. The maximum atomic E-state index is 9.18. The van der Waals surface area contributed by atoms with Crippen LogP contribution in [0, 0.1) is 0 Å². The van der Waals surface area contributed by atoms with E-state index < -0.39 is 0 Å². The Morgan fingerprint density at radius 1 is 1.23 bits per heavy atom. The van der Waals surface area contributed by atoms with Gasteiger partial charge < -0.3 is 21.7 Å². The van der Waals surface area contributed by atoms with E-state index in [4.69, 9.17) is 16.6 Å². The molecule has 0 bridgehead atoms. The fourth-order valence-corrected chi connectivity index (χ4v) is 1.12. The van der Waals surface area contributed by atoms with Crippen molar-refractivity contribution in [3.63, 3.8) is 0 Å². The van der Waals surface area contributed by atoms with Crippen LogP contribution in [0.1, 0.15) is 18.0 Å². The summed E-state index contributed by atoms with van der Waals surface area (Å²) in [5, 5.41) is 18.2. The van der Waals surface area contributed by atoms with Crippen molar-refractivity contribution in [3.8, 4) is 11.5 Å². The molecule has 4 nitrogen and oxygen atoms in total. The third-order valence-corrected chi connectivity index (χ3v) is 1.91. The van der Waals surface area contributed by atoms with Crippen molar-refractivity contribution in [3.05, 3.63) is 23.8 Å². The summed E-state index contributed by atoms with van der Waals surface area (Å²) in [4.78, 5) is 0. The molecule has 0 fully saturated rings. The predicted octanol–water partition coefficient (Wildman–Crippen LogP) is 0.446. The van der Waals surface area contributed by atoms with Crippen LogP contribution in [0.5, 0.6) is 11.5 Å². The molecule has 0 aliphatic heterocycles. The van der Waals surface area contributed by atoms with Gasteiger partial charge in [-0.2, -0.15) is 0 Å². The van der Waals surface area contributed by atoms with E-state index in [1.54, 1.807) is 6.07 Å². The lowest BCUT2D eigenvalue weighted by Gasteiger charge is -2.10. The lowest BCUT2D eigenvalue weighted by atomic mass is 10.0. The molecule has 0 saturated carbocycles. The molecule has 4 heteroatoms. The molecule has 1 rings (SSSR count). The molecule has 13 heavy (non-hydrogen) atoms. The van der Waals surface area contributed by atoms with E-state index in [2.05, 4.69) is 0 Å². The molecule has 6 N–H and O–H groups in total. The van der Waals surface area contributed by atoms with Crippen LogP contribution in [0.15, 0.2) is 18.2 Å². The lowest BCUT2D eigenvalue weighted by Crippen LogP contribution is -2.15. The van der Waals surface area contributed by atoms with Gasteiger partial charge in [-0.15, -0.1) is 0 Å². The van der Waals surface area contributed by atoms with Gasteiger partial charge in [0.1, 0.15) is 0 Å². The highest BCUT2D eigenvalue weighted by atomic mass is 16.3. The zero-order valence-corrected chi connectivity index (χ0v) is 7.27. The molecule has 1 aromatic carbocycles. The van der Waals surface area contributed by atoms with Crippen LogP contribution in [-0.4, -0.2) is 16.8 Å². The predicted molar refractivity (Wildman–Crippen MR) is 50.4 cm³/mol. The van der Waals surface area contributed by atoms with Crippen LogP contribution in [0.25, 0.3) is 0 Å². The average molecular weight is 182 g/mol. The molecule has 0 saturated heterocycles. The number of hydrogen-bond acceptors (Lipinski definition) is 4. The van der Waals surface area contributed by atoms with E-state index in [-0.39, 0.29) is 17.5 Å². The van der Waals surface area contributed by atoms with E-state index in [1.807, 2.05) is 0 Å². The molecule has 0 heterocycles. The molecule has 1 atom stereocenters. The van der Waals surface area contributed by atoms with Gasteiger partial charge in [-0.3, -0.25) is 0 Å². The largest absolute Gasteiger partial charge is 0.504 e. The number of benzene rings is 1. The number of phenols is 2. The fourth-order valence-electron chi connectivity index (χ4n) is 1.12. The Balaban J connectivity index is 2.84. The second-order valence-corrected chi connectivity index (χ2v) is 2.93. The van der Waals surface area contributed by atoms with Crippen molar-refractivity contribution >= 4 is 0 Å². The van der Waals surface area contributed by atoms with Crippen molar-refractivity contribution in [2.75, 3.05) is 6.54 Å². The number of nitrogens with two attached hydrogens (primary N) is 2. The average Bonchev–Trinajstić information content (AvgIpc) is 2.10. The molecule has 0 radical (unpaired) electrons. The zero-order chi connectivity index (χ0) is 9.84. The van der Waals surface area contributed by atoms with Crippen LogP contribution >= 0.6 is 0 Å². The van der Waals surface area contributed by atoms with Gasteiger partial charge in [-0.25, -0.2) is 0 Å². The molecule has 0 unspecified atom stereocenters. The van der Waals surface area contributed by atoms with Gasteiger partial charge in [-0.05, 0) is 30.7 Å². The van der Waals surface area contributed by atoms with Crippen molar-refractivity contribution in [1.82, 2.24) is 0 Å². The summed E-state index contributed by atoms with van der Waals surface area (Å²) in [5.74, 6) is -0.284. The van der Waals surface area contributed by atoms with Gasteiger partial charge >= 0.3 is 0 Å². The van der Waals surface area contributed by atoms with Crippen LogP contribution in [-0.2, 0) is 0 Å². The molecule has 72 valence electrons. The minimum absolute atomic E-state index is 0.135. The quantitative estimate of drug-likeness (QED) is 0.510. The number of rotatable bonds is 3. The Labute approximate surface area is 76.8 Å². The zero-order valence-electron chi connectivity index (χ0n) is 7.27. The summed E-state index contributed by atoms with van der Waals surface area (Å²) in [7, 11) is 0. The number of aromatic hydroxyl groups is 2. The Kier molecular flexibility index (Phi) is 3.11. The Morgan fingerprint density at radius 2 is 1.92 bits per heavy atom. The smallest absolute Gasteiger partial charge is 0.157 e. The number of hydrogen-bond donors (Lipinski definition) is 4. The summed E-state index contributed by atoms with van der Waals surface area (Å²) >= 11 is 0. The first-order chi connectivity index (χ1) is 6.15. The molecule has 1 aromatic rings. The maximum Gasteiger partial charge on any atom is 0.157 e. The van der Waals surface area contributed by atoms with Crippen LogP contribution < -0.4 is 11.5 Å². The molecular weight excluding hydrogens is 168 g/mol. The Bertz CT molecular complexity index is 289. The molecule has 0 amide bonds. The number of phenolic OH excluding ortho intramolecular Hbond substituents is 2. The fraction of sp³-hybridized carbons (Fsp3) is 0.333. The van der Waals surface area contributed by atoms with Gasteiger partial charge in [0, 0.05) is 6.04 Å². The van der Waals surface area contributed by atoms with Crippen molar-refractivity contribution in [2.24, 2.45) is 11.5 Å². The summed E-state index contributed by atoms with van der Waals surface area (Å²) < 4.78 is 0. The molecule has 0 aromatic heterocycles. The van der Waals surface area contributed by atoms with Gasteiger partial charge in [0.05, 0.1) is 0 Å². The van der Waals surface area contributed by atoms with E-state index in [0.717, 1.165) is 5.56 Å². The lowest BCUT2D eigenvalue weighted by molar-refractivity contribution is 0.402. The van der Waals surface area contributed by atoms with Gasteiger partial charge in [0.25, 0.3) is 0 Å². The highest BCUT2D eigenvalue weighted by Gasteiger charge is 2.07. The van der Waals surface area contributed by atoms with E-state index >= 15 is 0 Å². The second-order valence-electron chi connectivity index (χ2n) is 2.93. The second kappa shape index (κ2) is 4.11. The Hall–Kier alpha value is -1.26. The summed E-state index contributed by atoms with van der Waals surface area (Å²) in [5.41, 5.74) is 11.9. The van der Waals surface area contributed by atoms with E-state index in [1.165, 1.54) is 12.1 Å². The summed E-state index contributed by atoms with van der Waals surface area (Å²) in [6.07, 6.45) is 0.657. The molecule has 0 aliphatic carbocycles. The summed E-state index contributed by atoms with van der Waals surface area (Å²) in [6.45, 7) is 0.503. The van der Waals surface area contributed by atoms with Gasteiger partial charge in [0.2, 0.25) is 0 Å². The SMILES string of the molecule is NCC[C@@H](N)c1ccc(O)c(O)c1. The van der Waals surface area contributed by atoms with E-state index in [9.17, 15) is 5.11 Å². The van der Waals surface area contributed by atoms with Crippen molar-refractivity contribution < 1.29 is 10.2 Å². The molecule has 0 spiro atoms. The minimum atomic E-state index is -0.184. The first-order valence-corrected chi connectivity index (χ1v) is 4.12. The Morgan fingerprint density at radius 3 is 2.46 bits per heavy atom. The van der Waals surface area contributed by atoms with Gasteiger partial charge in [0.15, 0.2) is 11.5 Å². The molecular formula is C9H14N2O2. The third-order valence-electron chi connectivity index (χ3n) is 1.91. The van der Waals surface area contributed by atoms with Gasteiger partial charge in [-0.1, -0.05) is 6.07 Å². The van der Waals surface area contributed by atoms with Crippen molar-refractivity contribution in [1.29, 1.82) is 0 Å². The van der Waals surface area contributed by atoms with Crippen molar-refractivity contribution in [2.45, 2.75) is 12.5 Å². The third kappa shape index (κ3) is 2.34. The van der Waals surface area contributed by atoms with Crippen LogP contribution in [0.3, 0.4) is 0 Å². The standard InChI is InChI=1S/C9H14N2O2/c10-4-3-7(11)6-1-2-8(12)9(13)5-6/h1-2,5,7,12-13H,3-4,10-11H2/t7-/m1/s1. The van der Waals surface area contributed by atoms with E-state index in [0.29, 0.717) is 13.0 Å². The summed E-state index contributed by atoms with van der Waals surface area (Å²) in [6, 6.07) is 4.36. The molecule has 0 aliphatic rings. The first-order valence-electron chi connectivity index (χ1n) is 4.12. The van der Waals surface area contributed by atoms with Crippen LogP contribution in [0.4, 0.5) is 0 Å². The minimum Gasteiger partial charge on any atom is -0.504 e. The maximum absolute atomic E-state index is 9.18. The highest BCUT2D eigenvalue weighted by molar-refractivity contribution is 5.41. The van der Waals surface area contributed by atoms with Crippen LogP contribution in [0.2, 0.25) is 0 Å². The normalized spacial score (nSPS) is 12.8. The highest BCUT2D eigenvalue weighted by Crippen LogP contribution is 2.27.